The van der Waals surface area contributed by atoms with E-state index in [-0.39, 0.29) is 10.2 Å². The summed E-state index contributed by atoms with van der Waals surface area (Å²) in [5.41, 5.74) is -1.54. The Bertz CT molecular complexity index is 444. The molecule has 0 aliphatic heterocycles. The number of alkyl halides is 2. The van der Waals surface area contributed by atoms with Crippen LogP contribution >= 0.6 is 15.9 Å². The summed E-state index contributed by atoms with van der Waals surface area (Å²) in [6.07, 6.45) is -3.36. The Labute approximate surface area is 91.1 Å². The van der Waals surface area contributed by atoms with E-state index in [0.717, 1.165) is 6.07 Å². The molecule has 4 nitrogen and oxygen atoms in total. The fourth-order valence-electron chi connectivity index (χ4n) is 1.02. The zero-order valence-corrected chi connectivity index (χ0v) is 8.85. The minimum Gasteiger partial charge on any atom is -0.481 e. The zero-order valence-electron chi connectivity index (χ0n) is 7.26. The Balaban J connectivity index is 3.23. The first kappa shape index (κ1) is 11.8. The van der Waals surface area contributed by atoms with Crippen molar-refractivity contribution in [1.29, 1.82) is 0 Å². The lowest BCUT2D eigenvalue weighted by atomic mass is 10.1. The standard InChI is InChI=1S/C8H6BrF2NO3/c9-6-3(2-5(13)14)1-4(7(10)11)8(15)12-6/h1,7H,2H2,(H,12,15)(H,13,14). The van der Waals surface area contributed by atoms with Crippen molar-refractivity contribution >= 4 is 21.9 Å². The SMILES string of the molecule is O=C(O)Cc1cc(C(F)F)c(=O)[nH]c1Br. The molecular formula is C8H6BrF2NO3. The zero-order chi connectivity index (χ0) is 11.6. The van der Waals surface area contributed by atoms with Gasteiger partial charge in [-0.15, -0.1) is 0 Å². The van der Waals surface area contributed by atoms with Gasteiger partial charge >= 0.3 is 5.97 Å². The Morgan fingerprint density at radius 2 is 2.20 bits per heavy atom. The van der Waals surface area contributed by atoms with Gasteiger partial charge in [-0.1, -0.05) is 0 Å². The van der Waals surface area contributed by atoms with Crippen molar-refractivity contribution in [2.24, 2.45) is 0 Å². The number of hydrogen-bond donors (Lipinski definition) is 2. The number of carboxylic acid groups (broad SMARTS) is 1. The van der Waals surface area contributed by atoms with Crippen molar-refractivity contribution in [3.05, 3.63) is 32.2 Å². The van der Waals surface area contributed by atoms with E-state index in [0.29, 0.717) is 0 Å². The Morgan fingerprint density at radius 1 is 1.60 bits per heavy atom. The molecule has 0 amide bonds. The van der Waals surface area contributed by atoms with Crippen LogP contribution in [0.25, 0.3) is 0 Å². The summed E-state index contributed by atoms with van der Waals surface area (Å²) in [5, 5.41) is 8.49. The second-order valence-electron chi connectivity index (χ2n) is 2.76. The summed E-state index contributed by atoms with van der Waals surface area (Å²) in [6.45, 7) is 0. The molecule has 2 N–H and O–H groups in total. The van der Waals surface area contributed by atoms with Crippen LogP contribution in [0.2, 0.25) is 0 Å². The molecule has 0 saturated carbocycles. The molecule has 0 saturated heterocycles. The number of pyridine rings is 1. The predicted octanol–water partition coefficient (Wildman–Crippen LogP) is 1.70. The van der Waals surface area contributed by atoms with Crippen LogP contribution in [0.5, 0.6) is 0 Å². The minimum absolute atomic E-state index is 0.109. The van der Waals surface area contributed by atoms with Gasteiger partial charge < -0.3 is 10.1 Å². The molecule has 0 radical (unpaired) electrons. The van der Waals surface area contributed by atoms with Gasteiger partial charge in [0.15, 0.2) is 0 Å². The van der Waals surface area contributed by atoms with Crippen LogP contribution in [0.1, 0.15) is 17.6 Å². The molecule has 0 aliphatic carbocycles. The Morgan fingerprint density at radius 3 is 2.67 bits per heavy atom. The van der Waals surface area contributed by atoms with Crippen molar-refractivity contribution < 1.29 is 18.7 Å². The highest BCUT2D eigenvalue weighted by atomic mass is 79.9. The number of aliphatic carboxylic acids is 1. The van der Waals surface area contributed by atoms with Crippen molar-refractivity contribution in [2.75, 3.05) is 0 Å². The van der Waals surface area contributed by atoms with Crippen LogP contribution in [0.15, 0.2) is 15.5 Å². The lowest BCUT2D eigenvalue weighted by molar-refractivity contribution is -0.136. The summed E-state index contributed by atoms with van der Waals surface area (Å²) in [6, 6.07) is 0.891. The van der Waals surface area contributed by atoms with Gasteiger partial charge in [-0.25, -0.2) is 8.78 Å². The maximum Gasteiger partial charge on any atom is 0.307 e. The normalized spacial score (nSPS) is 10.7. The summed E-state index contributed by atoms with van der Waals surface area (Å²) in [7, 11) is 0. The van der Waals surface area contributed by atoms with E-state index in [9.17, 15) is 18.4 Å². The van der Waals surface area contributed by atoms with E-state index in [1.165, 1.54) is 0 Å². The predicted molar refractivity (Wildman–Crippen MR) is 51.1 cm³/mol. The average Bonchev–Trinajstić information content (AvgIpc) is 2.08. The van der Waals surface area contributed by atoms with E-state index in [1.54, 1.807) is 0 Å². The quantitative estimate of drug-likeness (QED) is 0.829. The van der Waals surface area contributed by atoms with Crippen molar-refractivity contribution in [1.82, 2.24) is 4.98 Å². The van der Waals surface area contributed by atoms with Gasteiger partial charge in [-0.3, -0.25) is 9.59 Å². The summed E-state index contributed by atoms with van der Waals surface area (Å²) < 4.78 is 24.7. The number of carbonyl (C=O) groups is 1. The van der Waals surface area contributed by atoms with E-state index in [4.69, 9.17) is 5.11 Å². The van der Waals surface area contributed by atoms with E-state index >= 15 is 0 Å². The second-order valence-corrected chi connectivity index (χ2v) is 3.56. The fourth-order valence-corrected chi connectivity index (χ4v) is 1.46. The second kappa shape index (κ2) is 4.52. The summed E-state index contributed by atoms with van der Waals surface area (Å²) in [4.78, 5) is 23.5. The molecular weight excluding hydrogens is 276 g/mol. The highest BCUT2D eigenvalue weighted by Gasteiger charge is 2.16. The van der Waals surface area contributed by atoms with Crippen LogP contribution in [-0.2, 0) is 11.2 Å². The average molecular weight is 282 g/mol. The highest BCUT2D eigenvalue weighted by molar-refractivity contribution is 9.10. The van der Waals surface area contributed by atoms with Crippen molar-refractivity contribution in [3.8, 4) is 0 Å². The van der Waals surface area contributed by atoms with E-state index in [2.05, 4.69) is 20.9 Å². The smallest absolute Gasteiger partial charge is 0.307 e. The van der Waals surface area contributed by atoms with Crippen LogP contribution in [0.3, 0.4) is 0 Å². The first-order chi connectivity index (χ1) is 6.91. The van der Waals surface area contributed by atoms with Crippen LogP contribution < -0.4 is 5.56 Å². The molecule has 0 aliphatic rings. The molecule has 0 bridgehead atoms. The molecule has 7 heteroatoms. The highest BCUT2D eigenvalue weighted by Crippen LogP contribution is 2.20. The van der Waals surface area contributed by atoms with Crippen LogP contribution in [0.4, 0.5) is 8.78 Å². The molecule has 1 rings (SSSR count). The van der Waals surface area contributed by atoms with Gasteiger partial charge in [0.25, 0.3) is 12.0 Å². The number of aromatic amines is 1. The van der Waals surface area contributed by atoms with Crippen molar-refractivity contribution in [2.45, 2.75) is 12.8 Å². The number of rotatable bonds is 3. The molecule has 0 fully saturated rings. The van der Waals surface area contributed by atoms with Gasteiger partial charge in [0, 0.05) is 0 Å². The van der Waals surface area contributed by atoms with Gasteiger partial charge in [0.1, 0.15) is 0 Å². The number of carboxylic acids is 1. The monoisotopic (exact) mass is 281 g/mol. The molecule has 0 atom stereocenters. The first-order valence-electron chi connectivity index (χ1n) is 3.83. The lowest BCUT2D eigenvalue weighted by Gasteiger charge is -2.04. The fraction of sp³-hybridized carbons (Fsp3) is 0.250. The lowest BCUT2D eigenvalue weighted by Crippen LogP contribution is -2.15. The Hall–Kier alpha value is -1.24. The Kier molecular flexibility index (Phi) is 3.57. The van der Waals surface area contributed by atoms with Gasteiger partial charge in [-0.05, 0) is 27.6 Å². The molecule has 0 aromatic carbocycles. The molecule has 1 aromatic rings. The van der Waals surface area contributed by atoms with Gasteiger partial charge in [0.05, 0.1) is 16.6 Å². The summed E-state index contributed by atoms with van der Waals surface area (Å²) >= 11 is 2.90. The number of H-pyrrole nitrogens is 1. The van der Waals surface area contributed by atoms with Gasteiger partial charge in [0.2, 0.25) is 0 Å². The van der Waals surface area contributed by atoms with Gasteiger partial charge in [-0.2, -0.15) is 0 Å². The topological polar surface area (TPSA) is 70.2 Å². The number of nitrogens with one attached hydrogen (secondary N) is 1. The minimum atomic E-state index is -2.92. The molecule has 1 aromatic heterocycles. The first-order valence-corrected chi connectivity index (χ1v) is 4.62. The molecule has 15 heavy (non-hydrogen) atoms. The molecule has 82 valence electrons. The van der Waals surface area contributed by atoms with Crippen molar-refractivity contribution in [3.63, 3.8) is 0 Å². The van der Waals surface area contributed by atoms with E-state index < -0.39 is 29.9 Å². The molecule has 1 heterocycles. The molecule has 0 unspecified atom stereocenters. The third kappa shape index (κ3) is 2.85. The summed E-state index contributed by atoms with van der Waals surface area (Å²) in [5.74, 6) is -1.16. The third-order valence-electron chi connectivity index (χ3n) is 1.67. The number of aromatic nitrogens is 1. The largest absolute Gasteiger partial charge is 0.481 e. The third-order valence-corrected chi connectivity index (χ3v) is 2.38. The maximum absolute atomic E-state index is 12.3. The van der Waals surface area contributed by atoms with Crippen LogP contribution in [-0.4, -0.2) is 16.1 Å². The number of hydrogen-bond acceptors (Lipinski definition) is 2. The molecule has 0 spiro atoms. The van der Waals surface area contributed by atoms with Crippen LogP contribution in [0, 0.1) is 0 Å². The van der Waals surface area contributed by atoms with E-state index in [1.807, 2.05) is 0 Å². The number of halogens is 3. The maximum atomic E-state index is 12.3.